The molecule has 0 amide bonds. The van der Waals surface area contributed by atoms with Crippen molar-refractivity contribution in [3.63, 3.8) is 0 Å². The van der Waals surface area contributed by atoms with Crippen molar-refractivity contribution in [3.05, 3.63) is 63.6 Å². The van der Waals surface area contributed by atoms with E-state index in [1.807, 2.05) is 18.2 Å². The van der Waals surface area contributed by atoms with Crippen LogP contribution < -0.4 is 10.5 Å². The summed E-state index contributed by atoms with van der Waals surface area (Å²) in [5.41, 5.74) is 6.74. The molecule has 2 aromatic carbocycles. The Kier molecular flexibility index (Phi) is 4.64. The molecular formula is C16H16BrF2NO. The summed E-state index contributed by atoms with van der Waals surface area (Å²) in [6.07, 6.45) is 0.443. The molecule has 0 aliphatic heterocycles. The van der Waals surface area contributed by atoms with Gasteiger partial charge in [-0.3, -0.25) is 0 Å². The molecule has 1 unspecified atom stereocenters. The van der Waals surface area contributed by atoms with Gasteiger partial charge in [0.05, 0.1) is 11.6 Å². The van der Waals surface area contributed by atoms with Gasteiger partial charge < -0.3 is 10.5 Å². The molecule has 0 saturated heterocycles. The molecule has 2 rings (SSSR count). The molecule has 0 aromatic heterocycles. The molecule has 2 N–H and O–H groups in total. The van der Waals surface area contributed by atoms with Crippen molar-refractivity contribution in [2.45, 2.75) is 18.9 Å². The van der Waals surface area contributed by atoms with Gasteiger partial charge in [-0.25, -0.2) is 8.78 Å². The molecule has 0 aliphatic rings. The van der Waals surface area contributed by atoms with Crippen molar-refractivity contribution < 1.29 is 13.5 Å². The maximum Gasteiger partial charge on any atom is 0.133 e. The summed E-state index contributed by atoms with van der Waals surface area (Å²) in [6, 6.07) is 8.96. The Hall–Kier alpha value is -1.46. The van der Waals surface area contributed by atoms with Gasteiger partial charge in [-0.2, -0.15) is 0 Å². The van der Waals surface area contributed by atoms with E-state index in [0.717, 1.165) is 16.1 Å². The number of benzene rings is 2. The summed E-state index contributed by atoms with van der Waals surface area (Å²) in [6.45, 7) is 1.75. The first-order chi connectivity index (χ1) is 9.81. The lowest BCUT2D eigenvalue weighted by atomic mass is 9.86. The van der Waals surface area contributed by atoms with Gasteiger partial charge in [-0.05, 0) is 64.7 Å². The first kappa shape index (κ1) is 15.9. The predicted molar refractivity (Wildman–Crippen MR) is 82.3 cm³/mol. The Morgan fingerprint density at radius 1 is 1.14 bits per heavy atom. The first-order valence-electron chi connectivity index (χ1n) is 6.40. The topological polar surface area (TPSA) is 35.2 Å². The van der Waals surface area contributed by atoms with Gasteiger partial charge in [0.25, 0.3) is 0 Å². The Balaban J connectivity index is 2.30. The summed E-state index contributed by atoms with van der Waals surface area (Å²) in [5.74, 6) is -0.538. The van der Waals surface area contributed by atoms with Crippen LogP contribution in [0.1, 0.15) is 18.1 Å². The normalized spacial score (nSPS) is 13.8. The Morgan fingerprint density at radius 2 is 1.76 bits per heavy atom. The van der Waals surface area contributed by atoms with E-state index in [1.54, 1.807) is 14.0 Å². The van der Waals surface area contributed by atoms with Crippen LogP contribution in [-0.4, -0.2) is 7.11 Å². The lowest BCUT2D eigenvalue weighted by molar-refractivity contribution is 0.411. The number of nitrogens with two attached hydrogens (primary N) is 1. The average Bonchev–Trinajstić information content (AvgIpc) is 2.37. The molecule has 21 heavy (non-hydrogen) atoms. The minimum Gasteiger partial charge on any atom is -0.496 e. The lowest BCUT2D eigenvalue weighted by Crippen LogP contribution is -2.35. The molecule has 0 saturated carbocycles. The largest absolute Gasteiger partial charge is 0.496 e. The van der Waals surface area contributed by atoms with E-state index in [1.165, 1.54) is 12.1 Å². The van der Waals surface area contributed by atoms with Crippen LogP contribution in [0.25, 0.3) is 0 Å². The summed E-state index contributed by atoms with van der Waals surface area (Å²) >= 11 is 3.41. The average molecular weight is 356 g/mol. The van der Waals surface area contributed by atoms with Gasteiger partial charge in [0.1, 0.15) is 17.4 Å². The Bertz CT molecular complexity index is 638. The van der Waals surface area contributed by atoms with Crippen LogP contribution in [0, 0.1) is 11.6 Å². The third kappa shape index (κ3) is 3.80. The number of halogens is 3. The monoisotopic (exact) mass is 355 g/mol. The van der Waals surface area contributed by atoms with Crippen LogP contribution in [0.15, 0.2) is 40.9 Å². The third-order valence-electron chi connectivity index (χ3n) is 3.31. The van der Waals surface area contributed by atoms with Crippen LogP contribution in [-0.2, 0) is 12.0 Å². The molecule has 1 atom stereocenters. The molecule has 0 bridgehead atoms. The highest BCUT2D eigenvalue weighted by Gasteiger charge is 2.23. The van der Waals surface area contributed by atoms with Gasteiger partial charge in [-0.15, -0.1) is 0 Å². The molecular weight excluding hydrogens is 340 g/mol. The van der Waals surface area contributed by atoms with Crippen LogP contribution in [0.2, 0.25) is 0 Å². The van der Waals surface area contributed by atoms with Crippen molar-refractivity contribution in [3.8, 4) is 5.75 Å². The van der Waals surface area contributed by atoms with Crippen LogP contribution in [0.3, 0.4) is 0 Å². The van der Waals surface area contributed by atoms with Gasteiger partial charge in [-0.1, -0.05) is 6.07 Å². The quantitative estimate of drug-likeness (QED) is 0.893. The Morgan fingerprint density at radius 3 is 2.29 bits per heavy atom. The maximum atomic E-state index is 13.3. The molecule has 0 radical (unpaired) electrons. The van der Waals surface area contributed by atoms with E-state index in [9.17, 15) is 8.78 Å². The number of rotatable bonds is 4. The zero-order chi connectivity index (χ0) is 15.6. The zero-order valence-corrected chi connectivity index (χ0v) is 13.4. The minimum absolute atomic E-state index is 0.423. The van der Waals surface area contributed by atoms with E-state index in [2.05, 4.69) is 15.9 Å². The summed E-state index contributed by atoms with van der Waals surface area (Å²) in [4.78, 5) is 0. The second kappa shape index (κ2) is 6.12. The van der Waals surface area contributed by atoms with Crippen molar-refractivity contribution in [1.29, 1.82) is 0 Å². The minimum atomic E-state index is -0.878. The highest BCUT2D eigenvalue weighted by atomic mass is 79.9. The van der Waals surface area contributed by atoms with Crippen LogP contribution in [0.5, 0.6) is 5.75 Å². The first-order valence-corrected chi connectivity index (χ1v) is 7.19. The summed E-state index contributed by atoms with van der Waals surface area (Å²) in [7, 11) is 1.59. The fourth-order valence-corrected chi connectivity index (χ4v) is 2.82. The van der Waals surface area contributed by atoms with Crippen molar-refractivity contribution in [1.82, 2.24) is 0 Å². The van der Waals surface area contributed by atoms with E-state index in [4.69, 9.17) is 10.5 Å². The molecule has 112 valence electrons. The second-order valence-electron chi connectivity index (χ2n) is 5.22. The molecule has 0 aliphatic carbocycles. The number of methoxy groups -OCH3 is 1. The molecule has 5 heteroatoms. The summed E-state index contributed by atoms with van der Waals surface area (Å²) < 4.78 is 32.7. The number of hydrogen-bond acceptors (Lipinski definition) is 2. The lowest BCUT2D eigenvalue weighted by Gasteiger charge is -2.26. The maximum absolute atomic E-state index is 13.3. The summed E-state index contributed by atoms with van der Waals surface area (Å²) in [5, 5.41) is 0. The fraction of sp³-hybridized carbons (Fsp3) is 0.250. The van der Waals surface area contributed by atoms with Gasteiger partial charge >= 0.3 is 0 Å². The molecule has 0 fully saturated rings. The fourth-order valence-electron chi connectivity index (χ4n) is 2.23. The zero-order valence-electron chi connectivity index (χ0n) is 11.8. The molecule has 2 aromatic rings. The second-order valence-corrected chi connectivity index (χ2v) is 6.08. The standard InChI is InChI=1S/C16H16BrF2NO/c1-16(20,11-6-12(18)8-13(19)7-11)9-10-3-4-15(21-2)14(17)5-10/h3-8H,9,20H2,1-2H3. The number of hydrogen-bond donors (Lipinski definition) is 1. The SMILES string of the molecule is COc1ccc(CC(C)(N)c2cc(F)cc(F)c2)cc1Br. The third-order valence-corrected chi connectivity index (χ3v) is 3.93. The van der Waals surface area contributed by atoms with Gasteiger partial charge in [0, 0.05) is 11.6 Å². The highest BCUT2D eigenvalue weighted by Crippen LogP contribution is 2.29. The number of ether oxygens (including phenoxy) is 1. The van der Waals surface area contributed by atoms with E-state index in [0.29, 0.717) is 17.7 Å². The van der Waals surface area contributed by atoms with Gasteiger partial charge in [0.2, 0.25) is 0 Å². The van der Waals surface area contributed by atoms with Crippen molar-refractivity contribution in [2.75, 3.05) is 7.11 Å². The van der Waals surface area contributed by atoms with Crippen LogP contribution in [0.4, 0.5) is 8.78 Å². The molecule has 2 nitrogen and oxygen atoms in total. The van der Waals surface area contributed by atoms with E-state index in [-0.39, 0.29) is 0 Å². The molecule has 0 heterocycles. The molecule has 0 spiro atoms. The van der Waals surface area contributed by atoms with Crippen molar-refractivity contribution in [2.24, 2.45) is 5.73 Å². The predicted octanol–water partition coefficient (Wildman–Crippen LogP) is 4.15. The Labute approximate surface area is 131 Å². The smallest absolute Gasteiger partial charge is 0.133 e. The van der Waals surface area contributed by atoms with Crippen LogP contribution >= 0.6 is 15.9 Å². The van der Waals surface area contributed by atoms with Gasteiger partial charge in [0.15, 0.2) is 0 Å². The van der Waals surface area contributed by atoms with E-state index < -0.39 is 17.2 Å². The van der Waals surface area contributed by atoms with Crippen molar-refractivity contribution >= 4 is 15.9 Å². The van der Waals surface area contributed by atoms with E-state index >= 15 is 0 Å². The highest BCUT2D eigenvalue weighted by molar-refractivity contribution is 9.10.